The van der Waals surface area contributed by atoms with Gasteiger partial charge >= 0.3 is 0 Å². The van der Waals surface area contributed by atoms with Crippen LogP contribution in [0.4, 0.5) is 5.69 Å². The lowest BCUT2D eigenvalue weighted by Gasteiger charge is -2.04. The molecule has 1 aromatic heterocycles. The summed E-state index contributed by atoms with van der Waals surface area (Å²) in [6.07, 6.45) is 0. The highest BCUT2D eigenvalue weighted by Gasteiger charge is 2.05. The molecule has 0 aliphatic carbocycles. The molecule has 0 spiro atoms. The number of anilines is 1. The smallest absolute Gasteiger partial charge is 0.238 e. The van der Waals surface area contributed by atoms with Gasteiger partial charge in [0.2, 0.25) is 5.88 Å². The van der Waals surface area contributed by atoms with Gasteiger partial charge in [-0.15, -0.1) is 5.10 Å². The Balaban J connectivity index is 2.24. The highest BCUT2D eigenvalue weighted by Crippen LogP contribution is 2.29. The van der Waals surface area contributed by atoms with E-state index < -0.39 is 0 Å². The van der Waals surface area contributed by atoms with Crippen molar-refractivity contribution in [1.29, 1.82) is 0 Å². The SMILES string of the molecule is Cc1cc(Oc2ccc(N)cc2Cl)n[nH]1. The van der Waals surface area contributed by atoms with Gasteiger partial charge in [-0.3, -0.25) is 5.10 Å². The zero-order chi connectivity index (χ0) is 10.8. The summed E-state index contributed by atoms with van der Waals surface area (Å²) < 4.78 is 5.46. The predicted molar refractivity (Wildman–Crippen MR) is 59.3 cm³/mol. The number of aryl methyl sites for hydroxylation is 1. The number of halogens is 1. The molecule has 1 aromatic carbocycles. The van der Waals surface area contributed by atoms with Crippen LogP contribution in [0.1, 0.15) is 5.69 Å². The van der Waals surface area contributed by atoms with Crippen molar-refractivity contribution >= 4 is 17.3 Å². The predicted octanol–water partition coefficient (Wildman–Crippen LogP) is 2.75. The van der Waals surface area contributed by atoms with E-state index in [1.807, 2.05) is 6.92 Å². The van der Waals surface area contributed by atoms with E-state index in [-0.39, 0.29) is 0 Å². The molecule has 4 nitrogen and oxygen atoms in total. The monoisotopic (exact) mass is 223 g/mol. The zero-order valence-corrected chi connectivity index (χ0v) is 8.88. The van der Waals surface area contributed by atoms with E-state index in [2.05, 4.69) is 10.2 Å². The van der Waals surface area contributed by atoms with Crippen molar-refractivity contribution in [2.45, 2.75) is 6.92 Å². The van der Waals surface area contributed by atoms with E-state index in [1.54, 1.807) is 24.3 Å². The van der Waals surface area contributed by atoms with Gasteiger partial charge in [0.1, 0.15) is 5.75 Å². The fraction of sp³-hybridized carbons (Fsp3) is 0.100. The molecule has 0 saturated carbocycles. The molecule has 0 atom stereocenters. The molecule has 0 saturated heterocycles. The van der Waals surface area contributed by atoms with Crippen molar-refractivity contribution < 1.29 is 4.74 Å². The Morgan fingerprint density at radius 2 is 2.20 bits per heavy atom. The van der Waals surface area contributed by atoms with Crippen LogP contribution in [0.3, 0.4) is 0 Å². The maximum absolute atomic E-state index is 5.94. The van der Waals surface area contributed by atoms with Crippen LogP contribution >= 0.6 is 11.6 Å². The summed E-state index contributed by atoms with van der Waals surface area (Å²) in [5.74, 6) is 1.02. The molecule has 0 bridgehead atoms. The topological polar surface area (TPSA) is 63.9 Å². The van der Waals surface area contributed by atoms with E-state index in [4.69, 9.17) is 22.1 Å². The molecular formula is C10H10ClN3O. The second-order valence-electron chi connectivity index (χ2n) is 3.18. The van der Waals surface area contributed by atoms with Crippen molar-refractivity contribution in [3.8, 4) is 11.6 Å². The van der Waals surface area contributed by atoms with Crippen LogP contribution in [0.5, 0.6) is 11.6 Å². The van der Waals surface area contributed by atoms with Crippen LogP contribution in [0.2, 0.25) is 5.02 Å². The molecule has 2 aromatic rings. The molecule has 0 radical (unpaired) electrons. The molecule has 0 aliphatic heterocycles. The highest BCUT2D eigenvalue weighted by atomic mass is 35.5. The summed E-state index contributed by atoms with van der Waals surface area (Å²) in [4.78, 5) is 0. The van der Waals surface area contributed by atoms with Crippen molar-refractivity contribution in [3.63, 3.8) is 0 Å². The van der Waals surface area contributed by atoms with E-state index in [1.165, 1.54) is 0 Å². The number of nitrogens with two attached hydrogens (primary N) is 1. The number of aromatic nitrogens is 2. The molecule has 0 unspecified atom stereocenters. The van der Waals surface area contributed by atoms with E-state index in [0.29, 0.717) is 22.3 Å². The van der Waals surface area contributed by atoms with Gasteiger partial charge in [0.15, 0.2) is 0 Å². The third kappa shape index (κ3) is 2.22. The number of nitrogen functional groups attached to an aromatic ring is 1. The van der Waals surface area contributed by atoms with E-state index in [9.17, 15) is 0 Å². The lowest BCUT2D eigenvalue weighted by molar-refractivity contribution is 0.462. The second kappa shape index (κ2) is 3.82. The van der Waals surface area contributed by atoms with Crippen LogP contribution in [0.15, 0.2) is 24.3 Å². The summed E-state index contributed by atoms with van der Waals surface area (Å²) in [6, 6.07) is 6.85. The number of hydrogen-bond donors (Lipinski definition) is 2. The van der Waals surface area contributed by atoms with Crippen LogP contribution in [-0.2, 0) is 0 Å². The molecule has 15 heavy (non-hydrogen) atoms. The number of nitrogens with one attached hydrogen (secondary N) is 1. The van der Waals surface area contributed by atoms with Crippen LogP contribution < -0.4 is 10.5 Å². The first kappa shape index (κ1) is 9.86. The Morgan fingerprint density at radius 1 is 1.40 bits per heavy atom. The van der Waals surface area contributed by atoms with Crippen LogP contribution in [0, 0.1) is 6.92 Å². The molecule has 0 amide bonds. The highest BCUT2D eigenvalue weighted by molar-refractivity contribution is 6.32. The zero-order valence-electron chi connectivity index (χ0n) is 8.12. The fourth-order valence-electron chi connectivity index (χ4n) is 1.16. The Morgan fingerprint density at radius 3 is 2.80 bits per heavy atom. The number of hydrogen-bond acceptors (Lipinski definition) is 3. The van der Waals surface area contributed by atoms with Gasteiger partial charge in [-0.25, -0.2) is 0 Å². The van der Waals surface area contributed by atoms with Crippen molar-refractivity contribution in [2.24, 2.45) is 0 Å². The van der Waals surface area contributed by atoms with Crippen molar-refractivity contribution in [3.05, 3.63) is 35.0 Å². The summed E-state index contributed by atoms with van der Waals surface area (Å²) >= 11 is 5.94. The quantitative estimate of drug-likeness (QED) is 0.770. The normalized spacial score (nSPS) is 10.3. The fourth-order valence-corrected chi connectivity index (χ4v) is 1.39. The first-order chi connectivity index (χ1) is 7.15. The lowest BCUT2D eigenvalue weighted by Crippen LogP contribution is -1.88. The van der Waals surface area contributed by atoms with Gasteiger partial charge in [-0.05, 0) is 25.1 Å². The molecule has 0 fully saturated rings. The molecule has 3 N–H and O–H groups in total. The summed E-state index contributed by atoms with van der Waals surface area (Å²) in [7, 11) is 0. The van der Waals surface area contributed by atoms with E-state index >= 15 is 0 Å². The Hall–Kier alpha value is -1.68. The standard InChI is InChI=1S/C10H10ClN3O/c1-6-4-10(14-13-6)15-9-3-2-7(12)5-8(9)11/h2-5H,12H2,1H3,(H,13,14). The third-order valence-electron chi connectivity index (χ3n) is 1.85. The van der Waals surface area contributed by atoms with Gasteiger partial charge in [0, 0.05) is 17.4 Å². The number of ether oxygens (including phenoxy) is 1. The summed E-state index contributed by atoms with van der Waals surface area (Å²) in [5.41, 5.74) is 7.09. The molecular weight excluding hydrogens is 214 g/mol. The lowest BCUT2D eigenvalue weighted by atomic mass is 10.3. The maximum atomic E-state index is 5.94. The van der Waals surface area contributed by atoms with Crippen LogP contribution in [0.25, 0.3) is 0 Å². The second-order valence-corrected chi connectivity index (χ2v) is 3.59. The molecule has 0 aliphatic rings. The van der Waals surface area contributed by atoms with Crippen molar-refractivity contribution in [2.75, 3.05) is 5.73 Å². The van der Waals surface area contributed by atoms with Gasteiger partial charge in [0.05, 0.1) is 5.02 Å². The molecule has 2 rings (SSSR count). The number of rotatable bonds is 2. The first-order valence-electron chi connectivity index (χ1n) is 4.40. The number of nitrogens with zero attached hydrogens (tertiary/aromatic N) is 1. The maximum Gasteiger partial charge on any atom is 0.238 e. The van der Waals surface area contributed by atoms with Gasteiger partial charge < -0.3 is 10.5 Å². The van der Waals surface area contributed by atoms with Gasteiger partial charge in [-0.2, -0.15) is 0 Å². The number of aromatic amines is 1. The van der Waals surface area contributed by atoms with E-state index in [0.717, 1.165) is 5.69 Å². The van der Waals surface area contributed by atoms with Gasteiger partial charge in [-0.1, -0.05) is 11.6 Å². The third-order valence-corrected chi connectivity index (χ3v) is 2.15. The molecule has 5 heteroatoms. The minimum absolute atomic E-state index is 0.468. The molecule has 78 valence electrons. The Kier molecular flexibility index (Phi) is 2.51. The number of benzene rings is 1. The Labute approximate surface area is 92.0 Å². The minimum atomic E-state index is 0.468. The number of H-pyrrole nitrogens is 1. The summed E-state index contributed by atoms with van der Waals surface area (Å²) in [5, 5.41) is 7.18. The summed E-state index contributed by atoms with van der Waals surface area (Å²) in [6.45, 7) is 1.89. The molecule has 1 heterocycles. The average molecular weight is 224 g/mol. The Bertz CT molecular complexity index is 481. The minimum Gasteiger partial charge on any atom is -0.436 e. The van der Waals surface area contributed by atoms with Gasteiger partial charge in [0.25, 0.3) is 0 Å². The average Bonchev–Trinajstić information content (AvgIpc) is 2.56. The van der Waals surface area contributed by atoms with Crippen LogP contribution in [-0.4, -0.2) is 10.2 Å². The van der Waals surface area contributed by atoms with Crippen molar-refractivity contribution in [1.82, 2.24) is 10.2 Å². The first-order valence-corrected chi connectivity index (χ1v) is 4.78. The largest absolute Gasteiger partial charge is 0.436 e.